The lowest BCUT2D eigenvalue weighted by Gasteiger charge is -2.21. The lowest BCUT2D eigenvalue weighted by Crippen LogP contribution is -2.23. The summed E-state index contributed by atoms with van der Waals surface area (Å²) in [4.78, 5) is 5.93. The van der Waals surface area contributed by atoms with Crippen LogP contribution in [0.1, 0.15) is 12.8 Å². The molecule has 0 spiro atoms. The monoisotopic (exact) mass is 369 g/mol. The van der Waals surface area contributed by atoms with Crippen LogP contribution in [0.5, 0.6) is 5.75 Å². The zero-order chi connectivity index (χ0) is 18.1. The standard InChI is InChI=1S/C20H20N2O3S/c1-25-15-8-10-16(11-9-15)26(23,24)19-14-21-18-7-3-2-6-17(18)20(19)22-12-4-5-13-22/h2-3,6-11,14H,4-5,12-13H2,1H3/p+1. The number of methoxy groups -OCH3 is 1. The number of nitrogens with one attached hydrogen (secondary N) is 1. The van der Waals surface area contributed by atoms with Crippen molar-refractivity contribution in [2.24, 2.45) is 0 Å². The molecule has 2 aromatic carbocycles. The van der Waals surface area contributed by atoms with Crippen LogP contribution < -0.4 is 14.6 Å². The SMILES string of the molecule is COc1ccc(S(=O)(=O)c2c[nH+]c3ccccc3c2N2CCCC2)cc1. The molecule has 1 N–H and O–H groups in total. The lowest BCUT2D eigenvalue weighted by molar-refractivity contribution is -0.347. The lowest BCUT2D eigenvalue weighted by atomic mass is 10.2. The third kappa shape index (κ3) is 2.80. The maximum absolute atomic E-state index is 13.4. The Morgan fingerprint density at radius 3 is 2.38 bits per heavy atom. The number of sulfone groups is 1. The van der Waals surface area contributed by atoms with Crippen molar-refractivity contribution in [3.05, 3.63) is 54.7 Å². The second-order valence-corrected chi connectivity index (χ2v) is 8.34. The van der Waals surface area contributed by atoms with Crippen LogP contribution in [0.4, 0.5) is 5.69 Å². The molecule has 6 heteroatoms. The Labute approximate surface area is 153 Å². The quantitative estimate of drug-likeness (QED) is 0.709. The molecule has 134 valence electrons. The summed E-state index contributed by atoms with van der Waals surface area (Å²) in [6.45, 7) is 1.75. The number of benzene rings is 2. The van der Waals surface area contributed by atoms with Gasteiger partial charge in [-0.1, -0.05) is 12.1 Å². The number of ether oxygens (including phenoxy) is 1. The number of H-pyrrole nitrogens is 1. The molecular formula is C20H21N2O3S+. The van der Waals surface area contributed by atoms with Crippen molar-refractivity contribution >= 4 is 26.4 Å². The minimum atomic E-state index is -3.65. The van der Waals surface area contributed by atoms with Crippen LogP contribution in [0.2, 0.25) is 0 Å². The number of aromatic nitrogens is 1. The molecule has 0 saturated carbocycles. The maximum atomic E-state index is 13.4. The van der Waals surface area contributed by atoms with Crippen LogP contribution in [0, 0.1) is 0 Å². The van der Waals surface area contributed by atoms with Crippen LogP contribution >= 0.6 is 0 Å². The molecule has 1 aliphatic rings. The molecule has 0 radical (unpaired) electrons. The summed E-state index contributed by atoms with van der Waals surface area (Å²) in [5.41, 5.74) is 1.73. The van der Waals surface area contributed by atoms with Gasteiger partial charge in [0.2, 0.25) is 15.4 Å². The maximum Gasteiger partial charge on any atom is 0.214 e. The van der Waals surface area contributed by atoms with Crippen LogP contribution in [0.15, 0.2) is 64.5 Å². The van der Waals surface area contributed by atoms with E-state index in [0.717, 1.165) is 42.5 Å². The van der Waals surface area contributed by atoms with E-state index in [0.29, 0.717) is 10.6 Å². The number of aromatic amines is 1. The molecule has 1 aromatic heterocycles. The average molecular weight is 369 g/mol. The predicted octanol–water partition coefficient (Wildman–Crippen LogP) is 3.10. The summed E-state index contributed by atoms with van der Waals surface area (Å²) in [7, 11) is -2.09. The summed E-state index contributed by atoms with van der Waals surface area (Å²) < 4.78 is 31.9. The van der Waals surface area contributed by atoms with E-state index >= 15 is 0 Å². The highest BCUT2D eigenvalue weighted by Gasteiger charge is 2.30. The highest BCUT2D eigenvalue weighted by molar-refractivity contribution is 7.91. The largest absolute Gasteiger partial charge is 0.497 e. The number of para-hydroxylation sites is 1. The van der Waals surface area contributed by atoms with Crippen molar-refractivity contribution in [1.29, 1.82) is 0 Å². The number of anilines is 1. The second-order valence-electron chi connectivity index (χ2n) is 6.42. The normalized spacial score (nSPS) is 14.7. The Bertz CT molecular complexity index is 1040. The van der Waals surface area contributed by atoms with Crippen LogP contribution in [0.3, 0.4) is 0 Å². The Kier molecular flexibility index (Phi) is 4.28. The first-order chi connectivity index (χ1) is 12.6. The van der Waals surface area contributed by atoms with E-state index in [-0.39, 0.29) is 4.90 Å². The molecule has 0 amide bonds. The molecule has 2 heterocycles. The highest BCUT2D eigenvalue weighted by Crippen LogP contribution is 2.36. The molecular weight excluding hydrogens is 348 g/mol. The van der Waals surface area contributed by atoms with E-state index in [2.05, 4.69) is 9.88 Å². The fraction of sp³-hybridized carbons (Fsp3) is 0.250. The number of nitrogens with zero attached hydrogens (tertiary/aromatic N) is 1. The molecule has 3 aromatic rings. The minimum absolute atomic E-state index is 0.266. The molecule has 0 unspecified atom stereocenters. The summed E-state index contributed by atoms with van der Waals surface area (Å²) in [6.07, 6.45) is 3.78. The van der Waals surface area contributed by atoms with Gasteiger partial charge >= 0.3 is 0 Å². The van der Waals surface area contributed by atoms with Gasteiger partial charge in [-0.05, 0) is 43.2 Å². The fourth-order valence-electron chi connectivity index (χ4n) is 3.51. The first-order valence-corrected chi connectivity index (χ1v) is 10.2. The van der Waals surface area contributed by atoms with E-state index in [1.165, 1.54) is 0 Å². The number of pyridine rings is 1. The van der Waals surface area contributed by atoms with Gasteiger partial charge in [0.05, 0.1) is 23.1 Å². The number of hydrogen-bond acceptors (Lipinski definition) is 4. The summed E-state index contributed by atoms with van der Waals surface area (Å²) in [5, 5.41) is 0.934. The first kappa shape index (κ1) is 16.8. The van der Waals surface area contributed by atoms with Crippen LogP contribution in [-0.4, -0.2) is 28.6 Å². The summed E-state index contributed by atoms with van der Waals surface area (Å²) in [6, 6.07) is 14.4. The van der Waals surface area contributed by atoms with E-state index in [4.69, 9.17) is 4.74 Å². The van der Waals surface area contributed by atoms with Gasteiger partial charge in [-0.15, -0.1) is 0 Å². The Morgan fingerprint density at radius 2 is 1.69 bits per heavy atom. The Balaban J connectivity index is 1.93. The van der Waals surface area contributed by atoms with Crippen molar-refractivity contribution in [1.82, 2.24) is 0 Å². The van der Waals surface area contributed by atoms with Gasteiger partial charge in [0.25, 0.3) is 0 Å². The molecule has 1 fully saturated rings. The van der Waals surface area contributed by atoms with Crippen molar-refractivity contribution in [3.8, 4) is 5.75 Å². The van der Waals surface area contributed by atoms with Crippen LogP contribution in [-0.2, 0) is 9.84 Å². The van der Waals surface area contributed by atoms with Gasteiger partial charge in [0, 0.05) is 19.2 Å². The van der Waals surface area contributed by atoms with E-state index in [1.54, 1.807) is 37.6 Å². The topological polar surface area (TPSA) is 60.8 Å². The molecule has 1 aliphatic heterocycles. The van der Waals surface area contributed by atoms with E-state index in [9.17, 15) is 8.42 Å². The first-order valence-electron chi connectivity index (χ1n) is 8.69. The number of hydrogen-bond donors (Lipinski definition) is 0. The molecule has 1 saturated heterocycles. The van der Waals surface area contributed by atoms with Crippen LogP contribution in [0.25, 0.3) is 10.9 Å². The van der Waals surface area contributed by atoms with Gasteiger partial charge in [-0.3, -0.25) is 0 Å². The summed E-state index contributed by atoms with van der Waals surface area (Å²) in [5.74, 6) is 0.633. The Hall–Kier alpha value is -2.60. The van der Waals surface area contributed by atoms with Gasteiger partial charge < -0.3 is 9.64 Å². The van der Waals surface area contributed by atoms with Gasteiger partial charge in [-0.25, -0.2) is 13.4 Å². The number of fused-ring (bicyclic) bond motifs is 1. The fourth-order valence-corrected chi connectivity index (χ4v) is 4.97. The predicted molar refractivity (Wildman–Crippen MR) is 100 cm³/mol. The third-order valence-electron chi connectivity index (χ3n) is 4.86. The molecule has 4 rings (SSSR count). The van der Waals surface area contributed by atoms with Crippen molar-refractivity contribution in [2.45, 2.75) is 22.6 Å². The van der Waals surface area contributed by atoms with E-state index < -0.39 is 9.84 Å². The molecule has 0 atom stereocenters. The summed E-state index contributed by atoms with van der Waals surface area (Å²) >= 11 is 0. The molecule has 0 aliphatic carbocycles. The zero-order valence-corrected chi connectivity index (χ0v) is 15.4. The second kappa shape index (κ2) is 6.61. The van der Waals surface area contributed by atoms with E-state index in [1.807, 2.05) is 24.3 Å². The van der Waals surface area contributed by atoms with Crippen molar-refractivity contribution < 1.29 is 18.1 Å². The Morgan fingerprint density at radius 1 is 1.00 bits per heavy atom. The van der Waals surface area contributed by atoms with Gasteiger partial charge in [0.15, 0.2) is 11.1 Å². The number of rotatable bonds is 4. The average Bonchev–Trinajstić information content (AvgIpc) is 3.21. The molecule has 5 nitrogen and oxygen atoms in total. The van der Waals surface area contributed by atoms with Gasteiger partial charge in [-0.2, -0.15) is 0 Å². The smallest absolute Gasteiger partial charge is 0.214 e. The highest BCUT2D eigenvalue weighted by atomic mass is 32.2. The molecule has 0 bridgehead atoms. The third-order valence-corrected chi connectivity index (χ3v) is 6.64. The van der Waals surface area contributed by atoms with Crippen molar-refractivity contribution in [2.75, 3.05) is 25.1 Å². The van der Waals surface area contributed by atoms with Crippen molar-refractivity contribution in [3.63, 3.8) is 0 Å². The molecule has 26 heavy (non-hydrogen) atoms. The van der Waals surface area contributed by atoms with Gasteiger partial charge in [0.1, 0.15) is 5.75 Å². The zero-order valence-electron chi connectivity index (χ0n) is 14.6. The minimum Gasteiger partial charge on any atom is -0.497 e.